The SMILES string of the molecule is CC(=O)C(c1ccc(O)cc1)[C@H](N)O. The minimum atomic E-state index is -1.21. The molecule has 0 bridgehead atoms. The number of rotatable bonds is 3. The van der Waals surface area contributed by atoms with Crippen molar-refractivity contribution >= 4 is 5.78 Å². The highest BCUT2D eigenvalue weighted by molar-refractivity contribution is 5.84. The van der Waals surface area contributed by atoms with Gasteiger partial charge in [0, 0.05) is 0 Å². The number of Topliss-reactive ketones (excluding diaryl/α,β-unsaturated/α-hetero) is 1. The predicted molar refractivity (Wildman–Crippen MR) is 51.7 cm³/mol. The maximum absolute atomic E-state index is 11.2. The molecule has 14 heavy (non-hydrogen) atoms. The van der Waals surface area contributed by atoms with Gasteiger partial charge >= 0.3 is 0 Å². The normalized spacial score (nSPS) is 14.8. The Morgan fingerprint density at radius 1 is 1.36 bits per heavy atom. The largest absolute Gasteiger partial charge is 0.508 e. The molecule has 0 saturated carbocycles. The Bertz CT molecular complexity index is 319. The van der Waals surface area contributed by atoms with Crippen LogP contribution in [0.4, 0.5) is 0 Å². The van der Waals surface area contributed by atoms with Crippen molar-refractivity contribution in [2.75, 3.05) is 0 Å². The molecular formula is C10H13NO3. The molecule has 0 aliphatic rings. The minimum Gasteiger partial charge on any atom is -0.508 e. The summed E-state index contributed by atoms with van der Waals surface area (Å²) < 4.78 is 0. The first-order valence-corrected chi connectivity index (χ1v) is 4.25. The van der Waals surface area contributed by atoms with Crippen molar-refractivity contribution in [2.45, 2.75) is 19.1 Å². The Kier molecular flexibility index (Phi) is 3.22. The minimum absolute atomic E-state index is 0.113. The number of benzene rings is 1. The summed E-state index contributed by atoms with van der Waals surface area (Å²) in [5, 5.41) is 18.2. The van der Waals surface area contributed by atoms with Crippen LogP contribution >= 0.6 is 0 Å². The van der Waals surface area contributed by atoms with E-state index in [4.69, 9.17) is 10.8 Å². The van der Waals surface area contributed by atoms with Crippen LogP contribution in [0.1, 0.15) is 18.4 Å². The summed E-state index contributed by atoms with van der Waals surface area (Å²) in [5.74, 6) is -0.816. The maximum atomic E-state index is 11.2. The fourth-order valence-electron chi connectivity index (χ4n) is 1.35. The highest BCUT2D eigenvalue weighted by Crippen LogP contribution is 2.21. The number of hydrogen-bond donors (Lipinski definition) is 3. The molecule has 76 valence electrons. The number of aliphatic hydroxyl groups is 1. The van der Waals surface area contributed by atoms with Gasteiger partial charge in [0.25, 0.3) is 0 Å². The van der Waals surface area contributed by atoms with E-state index in [0.29, 0.717) is 5.56 Å². The van der Waals surface area contributed by atoms with Crippen molar-refractivity contribution in [1.82, 2.24) is 0 Å². The van der Waals surface area contributed by atoms with Crippen molar-refractivity contribution in [1.29, 1.82) is 0 Å². The van der Waals surface area contributed by atoms with Crippen molar-refractivity contribution in [2.24, 2.45) is 5.73 Å². The molecule has 1 rings (SSSR count). The highest BCUT2D eigenvalue weighted by atomic mass is 16.3. The van der Waals surface area contributed by atoms with E-state index in [1.54, 1.807) is 12.1 Å². The van der Waals surface area contributed by atoms with Crippen LogP contribution in [-0.2, 0) is 4.79 Å². The van der Waals surface area contributed by atoms with Crippen LogP contribution in [0.2, 0.25) is 0 Å². The third kappa shape index (κ3) is 2.31. The molecule has 0 saturated heterocycles. The van der Waals surface area contributed by atoms with Gasteiger partial charge in [-0.05, 0) is 24.6 Å². The average Bonchev–Trinajstić information content (AvgIpc) is 2.07. The Morgan fingerprint density at radius 2 is 1.86 bits per heavy atom. The third-order valence-corrected chi connectivity index (χ3v) is 2.03. The number of phenols is 1. The average molecular weight is 195 g/mol. The number of carbonyl (C=O) groups excluding carboxylic acids is 1. The lowest BCUT2D eigenvalue weighted by atomic mass is 9.94. The quantitative estimate of drug-likeness (QED) is 0.607. The van der Waals surface area contributed by atoms with Crippen molar-refractivity contribution in [3.63, 3.8) is 0 Å². The van der Waals surface area contributed by atoms with E-state index in [0.717, 1.165) is 0 Å². The molecule has 0 spiro atoms. The smallest absolute Gasteiger partial charge is 0.141 e. The monoisotopic (exact) mass is 195 g/mol. The zero-order valence-corrected chi connectivity index (χ0v) is 7.84. The molecule has 2 atom stereocenters. The van der Waals surface area contributed by atoms with Gasteiger partial charge in [-0.3, -0.25) is 4.79 Å². The van der Waals surface area contributed by atoms with Crippen molar-refractivity contribution in [3.05, 3.63) is 29.8 Å². The summed E-state index contributed by atoms with van der Waals surface area (Å²) in [6, 6.07) is 6.04. The van der Waals surface area contributed by atoms with Gasteiger partial charge in [-0.2, -0.15) is 0 Å². The van der Waals surface area contributed by atoms with E-state index >= 15 is 0 Å². The van der Waals surface area contributed by atoms with E-state index in [-0.39, 0.29) is 11.5 Å². The number of nitrogens with two attached hydrogens (primary N) is 1. The van der Waals surface area contributed by atoms with Crippen molar-refractivity contribution in [3.8, 4) is 5.75 Å². The standard InChI is InChI=1S/C10H13NO3/c1-6(12)9(10(11)14)7-2-4-8(13)5-3-7/h2-5,9-10,13-14H,11H2,1H3/t9?,10-/m1/s1. The fraction of sp³-hybridized carbons (Fsp3) is 0.300. The molecule has 4 N–H and O–H groups in total. The lowest BCUT2D eigenvalue weighted by Crippen LogP contribution is -2.32. The molecule has 0 aliphatic carbocycles. The molecule has 0 aromatic heterocycles. The zero-order valence-electron chi connectivity index (χ0n) is 7.84. The predicted octanol–water partition coefficient (Wildman–Crippen LogP) is 0.342. The van der Waals surface area contributed by atoms with Crippen LogP contribution in [0.25, 0.3) is 0 Å². The molecular weight excluding hydrogens is 182 g/mol. The number of carbonyl (C=O) groups is 1. The first kappa shape index (κ1) is 10.7. The van der Waals surface area contributed by atoms with Gasteiger partial charge in [-0.1, -0.05) is 12.1 Å². The van der Waals surface area contributed by atoms with E-state index in [9.17, 15) is 9.90 Å². The molecule has 0 fully saturated rings. The maximum Gasteiger partial charge on any atom is 0.141 e. The Hall–Kier alpha value is -1.39. The summed E-state index contributed by atoms with van der Waals surface area (Å²) in [7, 11) is 0. The zero-order chi connectivity index (χ0) is 10.7. The van der Waals surface area contributed by atoms with Crippen LogP contribution in [0, 0.1) is 0 Å². The van der Waals surface area contributed by atoms with Crippen LogP contribution in [0.15, 0.2) is 24.3 Å². The van der Waals surface area contributed by atoms with Crippen LogP contribution < -0.4 is 5.73 Å². The van der Waals surface area contributed by atoms with E-state index in [2.05, 4.69) is 0 Å². The Morgan fingerprint density at radius 3 is 2.21 bits per heavy atom. The number of aromatic hydroxyl groups is 1. The summed E-state index contributed by atoms with van der Waals surface area (Å²) in [4.78, 5) is 11.2. The lowest BCUT2D eigenvalue weighted by Gasteiger charge is -2.16. The second kappa shape index (κ2) is 4.21. The first-order valence-electron chi connectivity index (χ1n) is 4.25. The third-order valence-electron chi connectivity index (χ3n) is 2.03. The molecule has 1 unspecified atom stereocenters. The van der Waals surface area contributed by atoms with E-state index < -0.39 is 12.1 Å². The number of aliphatic hydroxyl groups excluding tert-OH is 1. The van der Waals surface area contributed by atoms with Gasteiger partial charge in [0.05, 0.1) is 5.92 Å². The number of ketones is 1. The lowest BCUT2D eigenvalue weighted by molar-refractivity contribution is -0.120. The second-order valence-corrected chi connectivity index (χ2v) is 3.17. The molecule has 1 aromatic rings. The number of phenolic OH excluding ortho intramolecular Hbond substituents is 1. The Labute approximate surface area is 82.0 Å². The molecule has 1 aromatic carbocycles. The summed E-state index contributed by atoms with van der Waals surface area (Å²) in [6.07, 6.45) is -1.21. The molecule has 0 amide bonds. The molecule has 0 aliphatic heterocycles. The van der Waals surface area contributed by atoms with E-state index in [1.165, 1.54) is 19.1 Å². The van der Waals surface area contributed by atoms with Gasteiger partial charge in [0.1, 0.15) is 17.8 Å². The highest BCUT2D eigenvalue weighted by Gasteiger charge is 2.22. The van der Waals surface area contributed by atoms with Gasteiger partial charge in [-0.15, -0.1) is 0 Å². The summed E-state index contributed by atoms with van der Waals surface area (Å²) >= 11 is 0. The number of hydrogen-bond acceptors (Lipinski definition) is 4. The van der Waals surface area contributed by atoms with Crippen LogP contribution in [0.3, 0.4) is 0 Å². The topological polar surface area (TPSA) is 83.5 Å². The first-order chi connectivity index (χ1) is 6.52. The fourth-order valence-corrected chi connectivity index (χ4v) is 1.35. The second-order valence-electron chi connectivity index (χ2n) is 3.17. The Balaban J connectivity index is 3.00. The summed E-state index contributed by atoms with van der Waals surface area (Å²) in [5.41, 5.74) is 5.88. The van der Waals surface area contributed by atoms with Gasteiger partial charge in [0.15, 0.2) is 0 Å². The summed E-state index contributed by atoms with van der Waals surface area (Å²) in [6.45, 7) is 1.37. The van der Waals surface area contributed by atoms with Gasteiger partial charge in [0.2, 0.25) is 0 Å². The molecule has 0 heterocycles. The molecule has 4 nitrogen and oxygen atoms in total. The van der Waals surface area contributed by atoms with Gasteiger partial charge in [-0.25, -0.2) is 0 Å². The van der Waals surface area contributed by atoms with Crippen molar-refractivity contribution < 1.29 is 15.0 Å². The van der Waals surface area contributed by atoms with Gasteiger partial charge < -0.3 is 15.9 Å². The molecule has 4 heteroatoms. The van der Waals surface area contributed by atoms with E-state index in [1.807, 2.05) is 0 Å². The van der Waals surface area contributed by atoms with Crippen LogP contribution in [0.5, 0.6) is 5.75 Å². The molecule has 0 radical (unpaired) electrons. The van der Waals surface area contributed by atoms with Crippen LogP contribution in [-0.4, -0.2) is 22.2 Å².